The third kappa shape index (κ3) is 3.99. The molecule has 0 radical (unpaired) electrons. The zero-order chi connectivity index (χ0) is 17.8. The van der Waals surface area contributed by atoms with Gasteiger partial charge in [-0.15, -0.1) is 0 Å². The molecule has 2 aromatic rings. The van der Waals surface area contributed by atoms with Crippen molar-refractivity contribution in [1.82, 2.24) is 9.88 Å². The van der Waals surface area contributed by atoms with E-state index in [-0.39, 0.29) is 5.91 Å². The van der Waals surface area contributed by atoms with Gasteiger partial charge >= 0.3 is 0 Å². The quantitative estimate of drug-likeness (QED) is 0.859. The van der Waals surface area contributed by atoms with Crippen molar-refractivity contribution in [3.05, 3.63) is 53.9 Å². The number of rotatable bonds is 4. The fourth-order valence-corrected chi connectivity index (χ4v) is 3.14. The number of hydrogen-bond acceptors (Lipinski definition) is 4. The number of aromatic nitrogens is 1. The Morgan fingerprint density at radius 1 is 1.16 bits per heavy atom. The zero-order valence-electron chi connectivity index (χ0n) is 15.3. The van der Waals surface area contributed by atoms with Crippen molar-refractivity contribution in [3.63, 3.8) is 0 Å². The van der Waals surface area contributed by atoms with E-state index in [9.17, 15) is 4.79 Å². The molecule has 5 nitrogen and oxygen atoms in total. The van der Waals surface area contributed by atoms with Gasteiger partial charge in [0, 0.05) is 38.4 Å². The van der Waals surface area contributed by atoms with Crippen molar-refractivity contribution in [3.8, 4) is 0 Å². The van der Waals surface area contributed by atoms with E-state index in [1.54, 1.807) is 4.90 Å². The summed E-state index contributed by atoms with van der Waals surface area (Å²) in [4.78, 5) is 23.7. The molecule has 0 N–H and O–H groups in total. The number of nitrogens with zero attached hydrogens (tertiary/aromatic N) is 4. The molecule has 0 spiro atoms. The van der Waals surface area contributed by atoms with Gasteiger partial charge in [-0.2, -0.15) is 0 Å². The van der Waals surface area contributed by atoms with Crippen LogP contribution in [0.3, 0.4) is 0 Å². The standard InChI is InChI=1S/C20H26N4O/c1-4-24(17-7-5-6-16(2)14-17)20(25)19-9-8-18(15-21-19)23-12-10-22(3)11-13-23/h5-9,14-15H,4,10-13H2,1-3H3. The summed E-state index contributed by atoms with van der Waals surface area (Å²) in [6.07, 6.45) is 1.82. The normalized spacial score (nSPS) is 15.2. The number of hydrogen-bond donors (Lipinski definition) is 0. The second-order valence-corrected chi connectivity index (χ2v) is 6.58. The van der Waals surface area contributed by atoms with E-state index in [2.05, 4.69) is 21.8 Å². The van der Waals surface area contributed by atoms with Gasteiger partial charge < -0.3 is 14.7 Å². The Balaban J connectivity index is 1.75. The van der Waals surface area contributed by atoms with Crippen LogP contribution in [0.1, 0.15) is 23.0 Å². The van der Waals surface area contributed by atoms with Crippen molar-refractivity contribution in [2.24, 2.45) is 0 Å². The van der Waals surface area contributed by atoms with Crippen LogP contribution in [0.15, 0.2) is 42.6 Å². The van der Waals surface area contributed by atoms with Crippen LogP contribution < -0.4 is 9.80 Å². The lowest BCUT2D eigenvalue weighted by atomic mass is 10.2. The molecular weight excluding hydrogens is 312 g/mol. The van der Waals surface area contributed by atoms with Gasteiger partial charge in [0.15, 0.2) is 0 Å². The number of carbonyl (C=O) groups is 1. The molecule has 0 saturated carbocycles. The molecule has 1 aromatic heterocycles. The highest BCUT2D eigenvalue weighted by Crippen LogP contribution is 2.20. The second kappa shape index (κ2) is 7.66. The maximum Gasteiger partial charge on any atom is 0.276 e. The first-order valence-corrected chi connectivity index (χ1v) is 8.86. The summed E-state index contributed by atoms with van der Waals surface area (Å²) in [6, 6.07) is 11.9. The van der Waals surface area contributed by atoms with Crippen LogP contribution in [0.25, 0.3) is 0 Å². The first-order chi connectivity index (χ1) is 12.1. The highest BCUT2D eigenvalue weighted by Gasteiger charge is 2.19. The van der Waals surface area contributed by atoms with Crippen LogP contribution in [0.4, 0.5) is 11.4 Å². The topological polar surface area (TPSA) is 39.7 Å². The maximum atomic E-state index is 12.9. The molecule has 1 amide bonds. The second-order valence-electron chi connectivity index (χ2n) is 6.58. The molecule has 0 aliphatic carbocycles. The predicted octanol–water partition coefficient (Wildman–Crippen LogP) is 2.81. The molecule has 25 heavy (non-hydrogen) atoms. The molecule has 0 unspecified atom stereocenters. The SMILES string of the molecule is CCN(C(=O)c1ccc(N2CCN(C)CC2)cn1)c1cccc(C)c1. The highest BCUT2D eigenvalue weighted by atomic mass is 16.2. The van der Waals surface area contributed by atoms with Crippen molar-refractivity contribution < 1.29 is 4.79 Å². The molecule has 1 aliphatic heterocycles. The number of amides is 1. The molecule has 132 valence electrons. The summed E-state index contributed by atoms with van der Waals surface area (Å²) in [7, 11) is 2.14. The molecule has 1 saturated heterocycles. The Morgan fingerprint density at radius 3 is 2.52 bits per heavy atom. The number of pyridine rings is 1. The minimum Gasteiger partial charge on any atom is -0.368 e. The van der Waals surface area contributed by atoms with Crippen LogP contribution >= 0.6 is 0 Å². The van der Waals surface area contributed by atoms with E-state index in [1.165, 1.54) is 0 Å². The monoisotopic (exact) mass is 338 g/mol. The van der Waals surface area contributed by atoms with Gasteiger partial charge in [-0.05, 0) is 50.7 Å². The van der Waals surface area contributed by atoms with Crippen LogP contribution in [0, 0.1) is 6.92 Å². The summed E-state index contributed by atoms with van der Waals surface area (Å²) in [5.74, 6) is -0.0574. The van der Waals surface area contributed by atoms with Crippen LogP contribution in [0.2, 0.25) is 0 Å². The number of piperazine rings is 1. The molecule has 3 rings (SSSR count). The van der Waals surface area contributed by atoms with E-state index in [4.69, 9.17) is 0 Å². The van der Waals surface area contributed by atoms with Gasteiger partial charge in [-0.25, -0.2) is 4.98 Å². The summed E-state index contributed by atoms with van der Waals surface area (Å²) >= 11 is 0. The number of aryl methyl sites for hydroxylation is 1. The first-order valence-electron chi connectivity index (χ1n) is 8.86. The number of benzene rings is 1. The highest BCUT2D eigenvalue weighted by molar-refractivity contribution is 6.04. The largest absolute Gasteiger partial charge is 0.368 e. The Bertz CT molecular complexity index is 721. The van der Waals surface area contributed by atoms with Gasteiger partial charge in [-0.3, -0.25) is 4.79 Å². The molecule has 1 aliphatic rings. The third-order valence-electron chi connectivity index (χ3n) is 4.71. The summed E-state index contributed by atoms with van der Waals surface area (Å²) in [5.41, 5.74) is 3.63. The van der Waals surface area contributed by atoms with Gasteiger partial charge in [-0.1, -0.05) is 12.1 Å². The molecule has 5 heteroatoms. The molecule has 0 atom stereocenters. The van der Waals surface area contributed by atoms with E-state index < -0.39 is 0 Å². The average molecular weight is 338 g/mol. The Hall–Kier alpha value is -2.40. The average Bonchev–Trinajstić information content (AvgIpc) is 2.63. The number of carbonyl (C=O) groups excluding carboxylic acids is 1. The fourth-order valence-electron chi connectivity index (χ4n) is 3.14. The number of likely N-dealkylation sites (N-methyl/N-ethyl adjacent to an activating group) is 1. The van der Waals surface area contributed by atoms with Crippen LogP contribution in [-0.4, -0.2) is 55.6 Å². The zero-order valence-corrected chi connectivity index (χ0v) is 15.3. The Labute approximate surface area is 149 Å². The smallest absolute Gasteiger partial charge is 0.276 e. The van der Waals surface area contributed by atoms with Crippen LogP contribution in [0.5, 0.6) is 0 Å². The van der Waals surface area contributed by atoms with E-state index >= 15 is 0 Å². The minimum absolute atomic E-state index is 0.0574. The predicted molar refractivity (Wildman–Crippen MR) is 102 cm³/mol. The van der Waals surface area contributed by atoms with E-state index in [0.29, 0.717) is 12.2 Å². The van der Waals surface area contributed by atoms with Gasteiger partial charge in [0.25, 0.3) is 5.91 Å². The third-order valence-corrected chi connectivity index (χ3v) is 4.71. The van der Waals surface area contributed by atoms with Crippen molar-refractivity contribution in [2.45, 2.75) is 13.8 Å². The molecule has 2 heterocycles. The Kier molecular flexibility index (Phi) is 5.34. The van der Waals surface area contributed by atoms with Crippen molar-refractivity contribution in [1.29, 1.82) is 0 Å². The van der Waals surface area contributed by atoms with Gasteiger partial charge in [0.1, 0.15) is 5.69 Å². The first kappa shape index (κ1) is 17.4. The molecule has 1 fully saturated rings. The summed E-state index contributed by atoms with van der Waals surface area (Å²) in [6.45, 7) is 8.73. The fraction of sp³-hybridized carbons (Fsp3) is 0.400. The van der Waals surface area contributed by atoms with Crippen molar-refractivity contribution in [2.75, 3.05) is 49.6 Å². The van der Waals surface area contributed by atoms with Crippen LogP contribution in [-0.2, 0) is 0 Å². The summed E-state index contributed by atoms with van der Waals surface area (Å²) in [5, 5.41) is 0. The lowest BCUT2D eigenvalue weighted by molar-refractivity contribution is 0.0983. The van der Waals surface area contributed by atoms with Crippen molar-refractivity contribution >= 4 is 17.3 Å². The van der Waals surface area contributed by atoms with Gasteiger partial charge in [0.05, 0.1) is 11.9 Å². The minimum atomic E-state index is -0.0574. The molecule has 0 bridgehead atoms. The maximum absolute atomic E-state index is 12.9. The molecular formula is C20H26N4O. The molecule has 1 aromatic carbocycles. The Morgan fingerprint density at radius 2 is 1.92 bits per heavy atom. The van der Waals surface area contributed by atoms with E-state index in [1.807, 2.05) is 56.4 Å². The lowest BCUT2D eigenvalue weighted by Gasteiger charge is -2.33. The lowest BCUT2D eigenvalue weighted by Crippen LogP contribution is -2.44. The summed E-state index contributed by atoms with van der Waals surface area (Å²) < 4.78 is 0. The van der Waals surface area contributed by atoms with E-state index in [0.717, 1.165) is 43.1 Å². The van der Waals surface area contributed by atoms with Gasteiger partial charge in [0.2, 0.25) is 0 Å². The number of anilines is 2.